The van der Waals surface area contributed by atoms with E-state index in [1.807, 2.05) is 6.20 Å². The van der Waals surface area contributed by atoms with Crippen molar-refractivity contribution in [1.82, 2.24) is 10.3 Å². The molecule has 0 radical (unpaired) electrons. The van der Waals surface area contributed by atoms with Gasteiger partial charge in [-0.1, -0.05) is 42.5 Å². The molecule has 1 fully saturated rings. The first-order valence-corrected chi connectivity index (χ1v) is 7.68. The molecule has 0 spiro atoms. The first-order valence-electron chi connectivity index (χ1n) is 7.68. The van der Waals surface area contributed by atoms with E-state index in [1.165, 1.54) is 28.5 Å². The Morgan fingerprint density at radius 3 is 2.76 bits per heavy atom. The standard InChI is InChI=1S/C19H20N2.2H2/c1-2-4-15(5-3-1)13-19(9-11-20-14-19)17-7-6-16-8-10-21-18(16)12-17;;/h1-8,10,12,20-21H,9,11,13-14H2;2*1H/t19-;;/m1../s1. The Labute approximate surface area is 128 Å². The fourth-order valence-corrected chi connectivity index (χ4v) is 3.61. The summed E-state index contributed by atoms with van der Waals surface area (Å²) in [4.78, 5) is 3.34. The summed E-state index contributed by atoms with van der Waals surface area (Å²) < 4.78 is 0. The summed E-state index contributed by atoms with van der Waals surface area (Å²) in [5, 5.41) is 4.85. The van der Waals surface area contributed by atoms with Gasteiger partial charge in [0, 0.05) is 26.5 Å². The minimum Gasteiger partial charge on any atom is -0.361 e. The molecule has 0 aliphatic carbocycles. The van der Waals surface area contributed by atoms with Gasteiger partial charge >= 0.3 is 0 Å². The SMILES string of the molecule is [HH].[HH].c1ccc(C[C@]2(c3ccc4cc[nH]c4c3)CCNC2)cc1. The lowest BCUT2D eigenvalue weighted by atomic mass is 9.75. The van der Waals surface area contributed by atoms with E-state index in [0.29, 0.717) is 0 Å². The van der Waals surface area contributed by atoms with Gasteiger partial charge in [0.15, 0.2) is 0 Å². The molecule has 0 amide bonds. The topological polar surface area (TPSA) is 27.8 Å². The normalized spacial score (nSPS) is 21.9. The van der Waals surface area contributed by atoms with Gasteiger partial charge in [0.2, 0.25) is 0 Å². The van der Waals surface area contributed by atoms with Crippen LogP contribution in [0, 0.1) is 0 Å². The van der Waals surface area contributed by atoms with Gasteiger partial charge < -0.3 is 10.3 Å². The Kier molecular flexibility index (Phi) is 3.04. The van der Waals surface area contributed by atoms with Crippen LogP contribution in [-0.4, -0.2) is 18.1 Å². The fourth-order valence-electron chi connectivity index (χ4n) is 3.61. The molecule has 4 rings (SSSR count). The maximum Gasteiger partial charge on any atom is 0.0456 e. The van der Waals surface area contributed by atoms with E-state index in [0.717, 1.165) is 19.5 Å². The predicted octanol–water partition coefficient (Wildman–Crippen LogP) is 4.13. The number of hydrogen-bond acceptors (Lipinski definition) is 1. The van der Waals surface area contributed by atoms with Crippen molar-refractivity contribution in [2.75, 3.05) is 13.1 Å². The minimum absolute atomic E-state index is 0. The molecule has 1 atom stereocenters. The van der Waals surface area contributed by atoms with Gasteiger partial charge in [-0.05, 0) is 48.0 Å². The van der Waals surface area contributed by atoms with Crippen LogP contribution in [0.1, 0.15) is 20.4 Å². The van der Waals surface area contributed by atoms with Crippen LogP contribution in [0.15, 0.2) is 60.8 Å². The van der Waals surface area contributed by atoms with Crippen molar-refractivity contribution in [2.24, 2.45) is 0 Å². The van der Waals surface area contributed by atoms with Crippen molar-refractivity contribution in [1.29, 1.82) is 0 Å². The number of nitrogens with one attached hydrogen (secondary N) is 2. The first kappa shape index (κ1) is 12.7. The number of aromatic amines is 1. The van der Waals surface area contributed by atoms with Gasteiger partial charge in [-0.3, -0.25) is 0 Å². The molecule has 2 heterocycles. The summed E-state index contributed by atoms with van der Waals surface area (Å²) >= 11 is 0. The maximum absolute atomic E-state index is 3.56. The van der Waals surface area contributed by atoms with Crippen molar-refractivity contribution in [3.05, 3.63) is 71.9 Å². The second-order valence-electron chi connectivity index (χ2n) is 6.15. The quantitative estimate of drug-likeness (QED) is 0.741. The molecule has 110 valence electrons. The molecule has 0 unspecified atom stereocenters. The number of fused-ring (bicyclic) bond motifs is 1. The smallest absolute Gasteiger partial charge is 0.0456 e. The van der Waals surface area contributed by atoms with Crippen LogP contribution < -0.4 is 5.32 Å². The summed E-state index contributed by atoms with van der Waals surface area (Å²) in [7, 11) is 0. The Morgan fingerprint density at radius 2 is 1.95 bits per heavy atom. The largest absolute Gasteiger partial charge is 0.361 e. The van der Waals surface area contributed by atoms with Gasteiger partial charge in [-0.2, -0.15) is 0 Å². The minimum atomic E-state index is 0. The lowest BCUT2D eigenvalue weighted by Gasteiger charge is -2.29. The zero-order valence-electron chi connectivity index (χ0n) is 12.1. The third-order valence-electron chi connectivity index (χ3n) is 4.80. The fraction of sp³-hybridized carbons (Fsp3) is 0.263. The summed E-state index contributed by atoms with van der Waals surface area (Å²) in [5.41, 5.74) is 4.34. The number of benzene rings is 2. The van der Waals surface area contributed by atoms with E-state index in [-0.39, 0.29) is 8.27 Å². The molecule has 0 saturated carbocycles. The molecular formula is C19H24N2. The third-order valence-corrected chi connectivity index (χ3v) is 4.80. The van der Waals surface area contributed by atoms with Crippen LogP contribution in [0.5, 0.6) is 0 Å². The summed E-state index contributed by atoms with van der Waals surface area (Å²) in [6.45, 7) is 2.17. The Hall–Kier alpha value is -2.06. The van der Waals surface area contributed by atoms with Crippen LogP contribution in [0.2, 0.25) is 0 Å². The van der Waals surface area contributed by atoms with Crippen molar-refractivity contribution in [3.8, 4) is 0 Å². The van der Waals surface area contributed by atoms with E-state index in [2.05, 4.69) is 64.9 Å². The van der Waals surface area contributed by atoms with E-state index < -0.39 is 0 Å². The maximum atomic E-state index is 3.56. The highest BCUT2D eigenvalue weighted by molar-refractivity contribution is 5.80. The molecule has 2 N–H and O–H groups in total. The van der Waals surface area contributed by atoms with Gasteiger partial charge in [-0.25, -0.2) is 0 Å². The summed E-state index contributed by atoms with van der Waals surface area (Å²) in [6, 6.07) is 19.9. The molecule has 2 aromatic carbocycles. The molecule has 1 aromatic heterocycles. The highest BCUT2D eigenvalue weighted by Crippen LogP contribution is 2.35. The van der Waals surface area contributed by atoms with Gasteiger partial charge in [-0.15, -0.1) is 0 Å². The number of aromatic nitrogens is 1. The average Bonchev–Trinajstić information content (AvgIpc) is 3.17. The molecule has 1 aliphatic heterocycles. The highest BCUT2D eigenvalue weighted by Gasteiger charge is 2.35. The lowest BCUT2D eigenvalue weighted by molar-refractivity contribution is 0.468. The first-order chi connectivity index (χ1) is 10.4. The number of rotatable bonds is 3. The lowest BCUT2D eigenvalue weighted by Crippen LogP contribution is -2.31. The predicted molar refractivity (Wildman–Crippen MR) is 91.8 cm³/mol. The Bertz CT molecular complexity index is 746. The molecular weight excluding hydrogens is 256 g/mol. The number of hydrogen-bond donors (Lipinski definition) is 2. The molecule has 3 aromatic rings. The van der Waals surface area contributed by atoms with Crippen molar-refractivity contribution >= 4 is 10.9 Å². The van der Waals surface area contributed by atoms with Gasteiger partial charge in [0.1, 0.15) is 0 Å². The van der Waals surface area contributed by atoms with Crippen molar-refractivity contribution < 1.29 is 2.85 Å². The third kappa shape index (κ3) is 2.26. The van der Waals surface area contributed by atoms with Crippen LogP contribution in [-0.2, 0) is 11.8 Å². The Balaban J connectivity index is 0.000000960. The van der Waals surface area contributed by atoms with Gasteiger partial charge in [0.05, 0.1) is 0 Å². The molecule has 1 saturated heterocycles. The molecule has 2 nitrogen and oxygen atoms in total. The summed E-state index contributed by atoms with van der Waals surface area (Å²) in [6.07, 6.45) is 4.33. The van der Waals surface area contributed by atoms with Crippen LogP contribution >= 0.6 is 0 Å². The van der Waals surface area contributed by atoms with Crippen LogP contribution in [0.25, 0.3) is 10.9 Å². The average molecular weight is 280 g/mol. The van der Waals surface area contributed by atoms with E-state index in [9.17, 15) is 0 Å². The van der Waals surface area contributed by atoms with E-state index in [4.69, 9.17) is 0 Å². The van der Waals surface area contributed by atoms with E-state index >= 15 is 0 Å². The van der Waals surface area contributed by atoms with Crippen molar-refractivity contribution in [3.63, 3.8) is 0 Å². The Morgan fingerprint density at radius 1 is 1.05 bits per heavy atom. The van der Waals surface area contributed by atoms with Crippen LogP contribution in [0.4, 0.5) is 0 Å². The van der Waals surface area contributed by atoms with Crippen LogP contribution in [0.3, 0.4) is 0 Å². The zero-order valence-corrected chi connectivity index (χ0v) is 12.1. The number of H-pyrrole nitrogens is 1. The van der Waals surface area contributed by atoms with Crippen molar-refractivity contribution in [2.45, 2.75) is 18.3 Å². The molecule has 1 aliphatic rings. The molecule has 2 heteroatoms. The highest BCUT2D eigenvalue weighted by atomic mass is 14.9. The molecule has 0 bridgehead atoms. The summed E-state index contributed by atoms with van der Waals surface area (Å²) in [5.74, 6) is 0. The second-order valence-corrected chi connectivity index (χ2v) is 6.15. The second kappa shape index (κ2) is 5.05. The zero-order chi connectivity index (χ0) is 14.1. The van der Waals surface area contributed by atoms with E-state index in [1.54, 1.807) is 0 Å². The van der Waals surface area contributed by atoms with Gasteiger partial charge in [0.25, 0.3) is 0 Å². The molecule has 21 heavy (non-hydrogen) atoms. The monoisotopic (exact) mass is 280 g/mol.